The highest BCUT2D eigenvalue weighted by Gasteiger charge is 2.19. The second-order valence-electron chi connectivity index (χ2n) is 4.53. The summed E-state index contributed by atoms with van der Waals surface area (Å²) in [4.78, 5) is 25.0. The Balaban J connectivity index is 2.18. The monoisotopic (exact) mass is 321 g/mol. The molecule has 8 heteroatoms. The van der Waals surface area contributed by atoms with E-state index in [-0.39, 0.29) is 0 Å². The van der Waals surface area contributed by atoms with Gasteiger partial charge in [0.05, 0.1) is 0 Å². The van der Waals surface area contributed by atoms with Gasteiger partial charge < -0.3 is 15.7 Å². The van der Waals surface area contributed by atoms with Crippen LogP contribution in [0.3, 0.4) is 0 Å². The van der Waals surface area contributed by atoms with E-state index in [1.807, 2.05) is 18.0 Å². The van der Waals surface area contributed by atoms with Crippen LogP contribution in [0.25, 0.3) is 0 Å². The maximum absolute atomic E-state index is 11.6. The zero-order valence-electron chi connectivity index (χ0n) is 11.8. The summed E-state index contributed by atoms with van der Waals surface area (Å²) in [5.74, 6) is 2.01. The molecular weight excluding hydrogens is 298 g/mol. The summed E-state index contributed by atoms with van der Waals surface area (Å²) in [5, 5.41) is 14.2. The van der Waals surface area contributed by atoms with Crippen molar-refractivity contribution in [2.75, 3.05) is 49.7 Å². The first-order chi connectivity index (χ1) is 9.63. The largest absolute Gasteiger partial charge is 0.480 e. The Labute approximate surface area is 128 Å². The quantitative estimate of drug-likeness (QED) is 0.605. The smallest absolute Gasteiger partial charge is 0.326 e. The molecule has 2 amide bonds. The Hall–Kier alpha value is -0.600. The van der Waals surface area contributed by atoms with Crippen LogP contribution in [0.5, 0.6) is 0 Å². The maximum atomic E-state index is 11.6. The third-order valence-corrected chi connectivity index (χ3v) is 4.62. The predicted molar refractivity (Wildman–Crippen MR) is 84.7 cm³/mol. The summed E-state index contributed by atoms with van der Waals surface area (Å²) in [6, 6.07) is -1.21. The lowest BCUT2D eigenvalue weighted by Gasteiger charge is -2.26. The van der Waals surface area contributed by atoms with Crippen molar-refractivity contribution in [3.63, 3.8) is 0 Å². The molecule has 0 spiro atoms. The fourth-order valence-electron chi connectivity index (χ4n) is 1.85. The molecule has 0 aromatic heterocycles. The van der Waals surface area contributed by atoms with Crippen molar-refractivity contribution in [3.05, 3.63) is 0 Å². The minimum atomic E-state index is -0.984. The van der Waals surface area contributed by atoms with Gasteiger partial charge in [0.2, 0.25) is 0 Å². The number of carboxylic acid groups (broad SMARTS) is 1. The number of nitrogens with one attached hydrogen (secondary N) is 2. The van der Waals surface area contributed by atoms with Gasteiger partial charge in [0.1, 0.15) is 6.04 Å². The van der Waals surface area contributed by atoms with E-state index in [0.29, 0.717) is 18.7 Å². The Morgan fingerprint density at radius 1 is 1.40 bits per heavy atom. The number of urea groups is 1. The van der Waals surface area contributed by atoms with Gasteiger partial charge in [-0.2, -0.15) is 23.5 Å². The van der Waals surface area contributed by atoms with Gasteiger partial charge in [-0.1, -0.05) is 0 Å². The van der Waals surface area contributed by atoms with Crippen molar-refractivity contribution in [2.24, 2.45) is 0 Å². The Kier molecular flexibility index (Phi) is 8.88. The van der Waals surface area contributed by atoms with E-state index in [0.717, 1.165) is 31.1 Å². The number of carboxylic acids is 1. The van der Waals surface area contributed by atoms with Crippen LogP contribution in [0.2, 0.25) is 0 Å². The number of rotatable bonds is 8. The molecule has 0 bridgehead atoms. The van der Waals surface area contributed by atoms with E-state index in [1.165, 1.54) is 0 Å². The number of thioether (sulfide) groups is 2. The van der Waals surface area contributed by atoms with Gasteiger partial charge in [-0.3, -0.25) is 4.90 Å². The van der Waals surface area contributed by atoms with Crippen molar-refractivity contribution in [2.45, 2.75) is 12.5 Å². The number of carbonyl (C=O) groups is 2. The summed E-state index contributed by atoms with van der Waals surface area (Å²) in [5.41, 5.74) is 0. The molecule has 0 aromatic rings. The van der Waals surface area contributed by atoms with Gasteiger partial charge in [0.15, 0.2) is 0 Å². The normalized spacial score (nSPS) is 17.4. The standard InChI is InChI=1S/C12H23N3O3S2/c1-19-7-2-10(11(16)17)14-12(18)13-3-4-15-5-8-20-9-6-15/h10H,2-9H2,1H3,(H,16,17)(H2,13,14,18)/t10-/m0/s1. The second kappa shape index (κ2) is 10.2. The van der Waals surface area contributed by atoms with Crippen LogP contribution < -0.4 is 10.6 Å². The Morgan fingerprint density at radius 2 is 2.10 bits per heavy atom. The third-order valence-electron chi connectivity index (χ3n) is 3.03. The van der Waals surface area contributed by atoms with Gasteiger partial charge in [0.25, 0.3) is 0 Å². The van der Waals surface area contributed by atoms with E-state index in [1.54, 1.807) is 11.8 Å². The third kappa shape index (κ3) is 7.25. The van der Waals surface area contributed by atoms with Crippen molar-refractivity contribution in [3.8, 4) is 0 Å². The first-order valence-electron chi connectivity index (χ1n) is 6.69. The molecule has 1 rings (SSSR count). The van der Waals surface area contributed by atoms with Crippen LogP contribution in [0.4, 0.5) is 4.79 Å². The summed E-state index contributed by atoms with van der Waals surface area (Å²) in [7, 11) is 0. The zero-order valence-corrected chi connectivity index (χ0v) is 13.4. The van der Waals surface area contributed by atoms with Crippen molar-refractivity contribution in [1.82, 2.24) is 15.5 Å². The second-order valence-corrected chi connectivity index (χ2v) is 6.74. The average Bonchev–Trinajstić information content (AvgIpc) is 2.44. The van der Waals surface area contributed by atoms with Crippen LogP contribution in [0.15, 0.2) is 0 Å². The van der Waals surface area contributed by atoms with Crippen LogP contribution in [-0.4, -0.2) is 77.7 Å². The zero-order chi connectivity index (χ0) is 14.8. The maximum Gasteiger partial charge on any atom is 0.326 e. The van der Waals surface area contributed by atoms with E-state index >= 15 is 0 Å². The number of amides is 2. The van der Waals surface area contributed by atoms with Crippen LogP contribution in [-0.2, 0) is 4.79 Å². The first-order valence-corrected chi connectivity index (χ1v) is 9.24. The molecule has 116 valence electrons. The lowest BCUT2D eigenvalue weighted by atomic mass is 10.2. The van der Waals surface area contributed by atoms with E-state index in [2.05, 4.69) is 15.5 Å². The summed E-state index contributed by atoms with van der Waals surface area (Å²) >= 11 is 3.52. The molecule has 0 saturated carbocycles. The average molecular weight is 321 g/mol. The molecule has 1 atom stereocenters. The molecule has 20 heavy (non-hydrogen) atoms. The van der Waals surface area contributed by atoms with Crippen LogP contribution in [0.1, 0.15) is 6.42 Å². The summed E-state index contributed by atoms with van der Waals surface area (Å²) < 4.78 is 0. The molecule has 0 radical (unpaired) electrons. The summed E-state index contributed by atoms with van der Waals surface area (Å²) in [6.07, 6.45) is 2.35. The van der Waals surface area contributed by atoms with Crippen molar-refractivity contribution in [1.29, 1.82) is 0 Å². The van der Waals surface area contributed by atoms with Crippen LogP contribution >= 0.6 is 23.5 Å². The van der Waals surface area contributed by atoms with E-state index in [4.69, 9.17) is 5.11 Å². The molecule has 6 nitrogen and oxygen atoms in total. The fraction of sp³-hybridized carbons (Fsp3) is 0.833. The van der Waals surface area contributed by atoms with Crippen molar-refractivity contribution >= 4 is 35.5 Å². The number of hydrogen-bond donors (Lipinski definition) is 3. The molecule has 1 fully saturated rings. The van der Waals surface area contributed by atoms with Gasteiger partial charge in [-0.15, -0.1) is 0 Å². The summed E-state index contributed by atoms with van der Waals surface area (Å²) in [6.45, 7) is 3.47. The fourth-order valence-corrected chi connectivity index (χ4v) is 3.30. The van der Waals surface area contributed by atoms with Crippen molar-refractivity contribution < 1.29 is 14.7 Å². The molecule has 1 aliphatic rings. The lowest BCUT2D eigenvalue weighted by Crippen LogP contribution is -2.48. The topological polar surface area (TPSA) is 81.7 Å². The SMILES string of the molecule is CSCC[C@H](NC(=O)NCCN1CCSCC1)C(=O)O. The molecule has 0 aromatic carbocycles. The molecule has 3 N–H and O–H groups in total. The lowest BCUT2D eigenvalue weighted by molar-refractivity contribution is -0.139. The predicted octanol–water partition coefficient (Wildman–Crippen LogP) is 0.541. The minimum absolute atomic E-state index is 0.398. The molecule has 1 heterocycles. The van der Waals surface area contributed by atoms with Crippen LogP contribution in [0, 0.1) is 0 Å². The van der Waals surface area contributed by atoms with Gasteiger partial charge in [-0.25, -0.2) is 9.59 Å². The number of carbonyl (C=O) groups excluding carboxylic acids is 1. The van der Waals surface area contributed by atoms with E-state index < -0.39 is 18.0 Å². The minimum Gasteiger partial charge on any atom is -0.480 e. The number of nitrogens with zero attached hydrogens (tertiary/aromatic N) is 1. The van der Waals surface area contributed by atoms with E-state index in [9.17, 15) is 9.59 Å². The molecule has 0 unspecified atom stereocenters. The first kappa shape index (κ1) is 17.5. The highest BCUT2D eigenvalue weighted by Crippen LogP contribution is 2.07. The van der Waals surface area contributed by atoms with Gasteiger partial charge in [0, 0.05) is 37.7 Å². The molecule has 0 aliphatic carbocycles. The highest BCUT2D eigenvalue weighted by molar-refractivity contribution is 7.99. The Morgan fingerprint density at radius 3 is 2.70 bits per heavy atom. The number of aliphatic carboxylic acids is 1. The number of hydrogen-bond acceptors (Lipinski definition) is 5. The highest BCUT2D eigenvalue weighted by atomic mass is 32.2. The molecule has 1 saturated heterocycles. The molecular formula is C12H23N3O3S2. The molecule has 1 aliphatic heterocycles. The Bertz CT molecular complexity index is 312. The van der Waals surface area contributed by atoms with Gasteiger partial charge >= 0.3 is 12.0 Å². The van der Waals surface area contributed by atoms with Gasteiger partial charge in [-0.05, 0) is 18.4 Å².